The summed E-state index contributed by atoms with van der Waals surface area (Å²) in [6.45, 7) is 6.67. The second-order valence-corrected chi connectivity index (χ2v) is 12.3. The lowest BCUT2D eigenvalue weighted by Crippen LogP contribution is -2.48. The molecule has 0 aliphatic carbocycles. The predicted molar refractivity (Wildman–Crippen MR) is 179 cm³/mol. The fourth-order valence-corrected chi connectivity index (χ4v) is 5.60. The molecule has 3 aromatic rings. The maximum absolute atomic E-state index is 14.3. The van der Waals surface area contributed by atoms with Gasteiger partial charge in [-0.25, -0.2) is 0 Å². The minimum absolute atomic E-state index is 0.103. The Morgan fingerprint density at radius 3 is 2.41 bits per heavy atom. The van der Waals surface area contributed by atoms with Crippen LogP contribution >= 0.6 is 0 Å². The lowest BCUT2D eigenvalue weighted by molar-refractivity contribution is -0.115. The van der Waals surface area contributed by atoms with Gasteiger partial charge in [0.1, 0.15) is 5.75 Å². The summed E-state index contributed by atoms with van der Waals surface area (Å²) in [6, 6.07) is 23.2. The van der Waals surface area contributed by atoms with Crippen LogP contribution in [-0.4, -0.2) is 84.2 Å². The molecule has 46 heavy (non-hydrogen) atoms. The number of amides is 3. The molecule has 246 valence electrons. The third-order valence-corrected chi connectivity index (χ3v) is 8.36. The zero-order chi connectivity index (χ0) is 33.1. The molecule has 0 saturated heterocycles. The summed E-state index contributed by atoms with van der Waals surface area (Å²) in [5, 5.41) is 13.1. The highest BCUT2D eigenvalue weighted by molar-refractivity contribution is 6.00. The highest BCUT2D eigenvalue weighted by Crippen LogP contribution is 2.28. The van der Waals surface area contributed by atoms with Crippen molar-refractivity contribution in [1.82, 2.24) is 9.80 Å². The summed E-state index contributed by atoms with van der Waals surface area (Å²) in [5.41, 5.74) is 2.28. The smallest absolute Gasteiger partial charge is 0.258 e. The molecular formula is C37H47N3O6. The summed E-state index contributed by atoms with van der Waals surface area (Å²) in [4.78, 5) is 43.7. The minimum Gasteiger partial charge on any atom is -0.490 e. The van der Waals surface area contributed by atoms with Gasteiger partial charge in [-0.05, 0) is 69.0 Å². The molecule has 0 bridgehead atoms. The molecule has 1 aliphatic rings. The number of carbonyl (C=O) groups excluding carboxylic acids is 3. The number of aliphatic hydroxyl groups is 1. The molecule has 1 aliphatic heterocycles. The van der Waals surface area contributed by atoms with Gasteiger partial charge in [0.15, 0.2) is 0 Å². The van der Waals surface area contributed by atoms with E-state index >= 15 is 0 Å². The Labute approximate surface area is 272 Å². The van der Waals surface area contributed by atoms with Gasteiger partial charge >= 0.3 is 0 Å². The number of hydrogen-bond acceptors (Lipinski definition) is 6. The zero-order valence-electron chi connectivity index (χ0n) is 27.4. The van der Waals surface area contributed by atoms with Crippen LogP contribution in [0.3, 0.4) is 0 Å². The first kappa shape index (κ1) is 34.7. The second kappa shape index (κ2) is 16.9. The molecular weight excluding hydrogens is 582 g/mol. The topological polar surface area (TPSA) is 108 Å². The van der Waals surface area contributed by atoms with Crippen LogP contribution in [0.5, 0.6) is 5.75 Å². The molecule has 4 rings (SSSR count). The first-order valence-electron chi connectivity index (χ1n) is 16.1. The van der Waals surface area contributed by atoms with Crippen molar-refractivity contribution in [2.45, 2.75) is 64.7 Å². The van der Waals surface area contributed by atoms with Crippen LogP contribution in [-0.2, 0) is 16.0 Å². The van der Waals surface area contributed by atoms with Crippen molar-refractivity contribution in [3.8, 4) is 5.75 Å². The van der Waals surface area contributed by atoms with Crippen LogP contribution in [0.4, 0.5) is 5.69 Å². The van der Waals surface area contributed by atoms with Crippen LogP contribution in [0.25, 0.3) is 0 Å². The lowest BCUT2D eigenvalue weighted by Gasteiger charge is -2.36. The van der Waals surface area contributed by atoms with Crippen LogP contribution in [0.2, 0.25) is 0 Å². The molecule has 9 heteroatoms. The average molecular weight is 630 g/mol. The van der Waals surface area contributed by atoms with Crippen LogP contribution in [0.1, 0.15) is 66.3 Å². The zero-order valence-corrected chi connectivity index (χ0v) is 27.4. The van der Waals surface area contributed by atoms with Gasteiger partial charge < -0.3 is 29.7 Å². The van der Waals surface area contributed by atoms with Crippen molar-refractivity contribution in [2.24, 2.45) is 5.92 Å². The lowest BCUT2D eigenvalue weighted by atomic mass is 10.0. The monoisotopic (exact) mass is 629 g/mol. The van der Waals surface area contributed by atoms with E-state index in [9.17, 15) is 19.5 Å². The van der Waals surface area contributed by atoms with E-state index in [4.69, 9.17) is 9.47 Å². The summed E-state index contributed by atoms with van der Waals surface area (Å²) in [5.74, 6) is -0.367. The van der Waals surface area contributed by atoms with Gasteiger partial charge in [-0.1, -0.05) is 55.5 Å². The Morgan fingerprint density at radius 1 is 1.02 bits per heavy atom. The van der Waals surface area contributed by atoms with Crippen molar-refractivity contribution >= 4 is 23.4 Å². The van der Waals surface area contributed by atoms with E-state index in [1.165, 1.54) is 0 Å². The van der Waals surface area contributed by atoms with Gasteiger partial charge in [-0.3, -0.25) is 14.4 Å². The number of carbonyl (C=O) groups is 3. The van der Waals surface area contributed by atoms with Gasteiger partial charge in [0.05, 0.1) is 36.8 Å². The van der Waals surface area contributed by atoms with Crippen LogP contribution < -0.4 is 10.1 Å². The number of ether oxygens (including phenoxy) is 2. The molecule has 3 amide bonds. The molecule has 0 saturated carbocycles. The molecule has 0 aromatic heterocycles. The first-order valence-corrected chi connectivity index (χ1v) is 16.1. The predicted octanol–water partition coefficient (Wildman–Crippen LogP) is 5.44. The Bertz CT molecular complexity index is 1430. The molecule has 0 fully saturated rings. The van der Waals surface area contributed by atoms with Crippen molar-refractivity contribution in [1.29, 1.82) is 0 Å². The molecule has 0 radical (unpaired) electrons. The average Bonchev–Trinajstić information content (AvgIpc) is 3.06. The first-order chi connectivity index (χ1) is 22.2. The summed E-state index contributed by atoms with van der Waals surface area (Å²) < 4.78 is 12.7. The third kappa shape index (κ3) is 9.64. The largest absolute Gasteiger partial charge is 0.490 e. The highest BCUT2D eigenvalue weighted by Gasteiger charge is 2.31. The van der Waals surface area contributed by atoms with Crippen molar-refractivity contribution in [3.63, 3.8) is 0 Å². The van der Waals surface area contributed by atoms with E-state index in [1.807, 2.05) is 62.4 Å². The maximum Gasteiger partial charge on any atom is 0.258 e. The fourth-order valence-electron chi connectivity index (χ4n) is 5.60. The van der Waals surface area contributed by atoms with Gasteiger partial charge in [-0.2, -0.15) is 0 Å². The second-order valence-electron chi connectivity index (χ2n) is 12.3. The van der Waals surface area contributed by atoms with E-state index < -0.39 is 6.04 Å². The Kier molecular flexibility index (Phi) is 12.7. The van der Waals surface area contributed by atoms with Crippen molar-refractivity contribution < 1.29 is 29.0 Å². The maximum atomic E-state index is 14.3. The third-order valence-electron chi connectivity index (χ3n) is 8.36. The highest BCUT2D eigenvalue weighted by atomic mass is 16.5. The minimum atomic E-state index is -0.506. The summed E-state index contributed by atoms with van der Waals surface area (Å²) >= 11 is 0. The number of rotatable bonds is 8. The quantitative estimate of drug-likeness (QED) is 0.344. The van der Waals surface area contributed by atoms with Crippen molar-refractivity contribution in [3.05, 3.63) is 95.6 Å². The standard InChI is InChI=1S/C37H47N3O6/c1-26-23-40(27(2)25-41)37(44)32-22-31(38-35(42)21-29-14-7-5-8-15-29)18-19-33(32)46-28(3)13-11-12-20-45-34(26)24-39(4)36(43)30-16-9-6-10-17-30/h5-10,14-19,22,26-28,34,41H,11-13,20-21,23-25H2,1-4H3,(H,38,42)/t26-,27+,28+,34+/m0/s1. The number of benzene rings is 3. The fraction of sp³-hybridized carbons (Fsp3) is 0.432. The van der Waals surface area contributed by atoms with Gasteiger partial charge in [0.2, 0.25) is 5.91 Å². The normalized spacial score (nSPS) is 20.1. The molecule has 4 atom stereocenters. The number of anilines is 1. The van der Waals surface area contributed by atoms with E-state index in [2.05, 4.69) is 5.32 Å². The molecule has 0 spiro atoms. The van der Waals surface area contributed by atoms with E-state index in [0.717, 1.165) is 24.8 Å². The van der Waals surface area contributed by atoms with Gasteiger partial charge in [-0.15, -0.1) is 0 Å². The summed E-state index contributed by atoms with van der Waals surface area (Å²) in [6.07, 6.45) is 2.14. The number of nitrogens with zero attached hydrogens (tertiary/aromatic N) is 2. The molecule has 0 unspecified atom stereocenters. The van der Waals surface area contributed by atoms with Gasteiger partial charge in [0.25, 0.3) is 11.8 Å². The van der Waals surface area contributed by atoms with Crippen LogP contribution in [0, 0.1) is 5.92 Å². The van der Waals surface area contributed by atoms with Crippen molar-refractivity contribution in [2.75, 3.05) is 38.7 Å². The number of likely N-dealkylation sites (N-methyl/N-ethyl adjacent to an activating group) is 1. The Balaban J connectivity index is 1.60. The number of hydrogen-bond donors (Lipinski definition) is 2. The van der Waals surface area contributed by atoms with E-state index in [1.54, 1.807) is 54.1 Å². The van der Waals surface area contributed by atoms with Gasteiger partial charge in [0, 0.05) is 43.9 Å². The SMILES string of the molecule is C[C@@H]1CCCCO[C@H](CN(C)C(=O)c2ccccc2)[C@@H](C)CN([C@H](C)CO)C(=O)c2cc(NC(=O)Cc3ccccc3)ccc2O1. The number of fused-ring (bicyclic) bond motifs is 1. The van der Waals surface area contributed by atoms with E-state index in [0.29, 0.717) is 35.7 Å². The molecule has 3 aromatic carbocycles. The molecule has 1 heterocycles. The van der Waals surface area contributed by atoms with E-state index in [-0.39, 0.29) is 55.4 Å². The number of aliphatic hydroxyl groups excluding tert-OH is 1. The number of nitrogens with one attached hydrogen (secondary N) is 1. The Hall–Kier alpha value is -4.21. The molecule has 2 N–H and O–H groups in total. The summed E-state index contributed by atoms with van der Waals surface area (Å²) in [7, 11) is 1.76. The molecule has 9 nitrogen and oxygen atoms in total. The Morgan fingerprint density at radius 2 is 1.72 bits per heavy atom. The van der Waals surface area contributed by atoms with Crippen LogP contribution in [0.15, 0.2) is 78.9 Å².